The quantitative estimate of drug-likeness (QED) is 0.673. The first-order chi connectivity index (χ1) is 14.3. The Balaban J connectivity index is 1.92. The third-order valence-electron chi connectivity index (χ3n) is 5.83. The van der Waals surface area contributed by atoms with Gasteiger partial charge in [0.15, 0.2) is 0 Å². The van der Waals surface area contributed by atoms with Crippen molar-refractivity contribution in [3.05, 3.63) is 29.8 Å². The van der Waals surface area contributed by atoms with Gasteiger partial charge in [-0.25, -0.2) is 0 Å². The average molecular weight is 415 g/mol. The Kier molecular flexibility index (Phi) is 6.43. The van der Waals surface area contributed by atoms with Crippen LogP contribution >= 0.6 is 0 Å². The maximum atomic E-state index is 13.5. The second kappa shape index (κ2) is 8.85. The summed E-state index contributed by atoms with van der Waals surface area (Å²) in [6.45, 7) is 5.15. The Morgan fingerprint density at radius 1 is 1.20 bits per heavy atom. The molecule has 1 aromatic rings. The number of ether oxygens (including phenoxy) is 1. The molecule has 8 nitrogen and oxygen atoms in total. The number of nitrogens with one attached hydrogen (secondary N) is 1. The zero-order valence-electron chi connectivity index (χ0n) is 17.8. The van der Waals surface area contributed by atoms with E-state index in [9.17, 15) is 19.2 Å². The molecule has 0 aliphatic carbocycles. The number of carbonyl (C=O) groups is 4. The number of rotatable bonds is 7. The summed E-state index contributed by atoms with van der Waals surface area (Å²) in [7, 11) is 1.55. The van der Waals surface area contributed by atoms with Gasteiger partial charge in [-0.15, -0.1) is 0 Å². The summed E-state index contributed by atoms with van der Waals surface area (Å²) < 4.78 is 5.20. The molecule has 0 saturated carbocycles. The van der Waals surface area contributed by atoms with Gasteiger partial charge in [0.1, 0.15) is 5.75 Å². The van der Waals surface area contributed by atoms with Crippen LogP contribution in [0.5, 0.6) is 5.75 Å². The van der Waals surface area contributed by atoms with Gasteiger partial charge in [0.05, 0.1) is 19.1 Å². The Morgan fingerprint density at radius 2 is 1.90 bits per heavy atom. The molecule has 162 valence electrons. The first-order valence-corrected chi connectivity index (χ1v) is 10.3. The fourth-order valence-corrected chi connectivity index (χ4v) is 4.01. The zero-order chi connectivity index (χ0) is 21.9. The summed E-state index contributed by atoms with van der Waals surface area (Å²) in [6, 6.07) is 6.94. The molecule has 0 spiro atoms. The standard InChI is InChI=1S/C22H29N3O5/c1-15(2)8-10-25-20(28)13-22(21(25)29,16-4-6-17(30-3)7-5-16)12-19(27)24-11-9-23-18(26)14-24/h4-7,15H,8-14H2,1-3H3,(H,23,26)/t22-/m0/s1. The summed E-state index contributed by atoms with van der Waals surface area (Å²) in [5, 5.41) is 2.69. The van der Waals surface area contributed by atoms with Crippen molar-refractivity contribution in [2.45, 2.75) is 38.5 Å². The van der Waals surface area contributed by atoms with Gasteiger partial charge < -0.3 is 15.0 Å². The highest BCUT2D eigenvalue weighted by molar-refractivity contribution is 6.10. The van der Waals surface area contributed by atoms with Gasteiger partial charge in [0, 0.05) is 32.5 Å². The number of amides is 4. The largest absolute Gasteiger partial charge is 0.497 e. The van der Waals surface area contributed by atoms with Gasteiger partial charge in [-0.3, -0.25) is 24.1 Å². The van der Waals surface area contributed by atoms with E-state index in [4.69, 9.17) is 4.74 Å². The van der Waals surface area contributed by atoms with Gasteiger partial charge >= 0.3 is 0 Å². The lowest BCUT2D eigenvalue weighted by Crippen LogP contribution is -2.52. The van der Waals surface area contributed by atoms with Crippen molar-refractivity contribution >= 4 is 23.6 Å². The Hall–Kier alpha value is -2.90. The van der Waals surface area contributed by atoms with E-state index in [0.717, 1.165) is 0 Å². The number of hydrogen-bond donors (Lipinski definition) is 1. The molecule has 0 aromatic heterocycles. The maximum absolute atomic E-state index is 13.5. The molecular weight excluding hydrogens is 386 g/mol. The van der Waals surface area contributed by atoms with Crippen LogP contribution in [0, 0.1) is 5.92 Å². The van der Waals surface area contributed by atoms with Crippen molar-refractivity contribution in [3.63, 3.8) is 0 Å². The number of methoxy groups -OCH3 is 1. The molecule has 8 heteroatoms. The molecule has 2 fully saturated rings. The minimum atomic E-state index is -1.26. The monoisotopic (exact) mass is 415 g/mol. The minimum absolute atomic E-state index is 0.0310. The summed E-state index contributed by atoms with van der Waals surface area (Å²) in [5.74, 6) is -0.154. The van der Waals surface area contributed by atoms with Gasteiger partial charge in [0.2, 0.25) is 23.6 Å². The first-order valence-electron chi connectivity index (χ1n) is 10.3. The topological polar surface area (TPSA) is 96.0 Å². The van der Waals surface area contributed by atoms with Gasteiger partial charge in [-0.1, -0.05) is 26.0 Å². The van der Waals surface area contributed by atoms with Crippen LogP contribution in [0.25, 0.3) is 0 Å². The molecule has 2 saturated heterocycles. The fourth-order valence-electron chi connectivity index (χ4n) is 4.01. The predicted octanol–water partition coefficient (Wildman–Crippen LogP) is 1.09. The minimum Gasteiger partial charge on any atom is -0.497 e. The van der Waals surface area contributed by atoms with E-state index in [2.05, 4.69) is 5.32 Å². The molecule has 1 atom stereocenters. The summed E-state index contributed by atoms with van der Waals surface area (Å²) >= 11 is 0. The lowest BCUT2D eigenvalue weighted by Gasteiger charge is -2.32. The van der Waals surface area contributed by atoms with Crippen molar-refractivity contribution in [1.29, 1.82) is 0 Å². The van der Waals surface area contributed by atoms with Crippen molar-refractivity contribution in [2.24, 2.45) is 5.92 Å². The lowest BCUT2D eigenvalue weighted by molar-refractivity contribution is -0.144. The van der Waals surface area contributed by atoms with E-state index in [0.29, 0.717) is 43.3 Å². The highest BCUT2D eigenvalue weighted by atomic mass is 16.5. The maximum Gasteiger partial charge on any atom is 0.240 e. The SMILES string of the molecule is COc1ccc([C@]2(CC(=O)N3CCNC(=O)C3)CC(=O)N(CCC(C)C)C2=O)cc1. The van der Waals surface area contributed by atoms with Crippen LogP contribution in [0.3, 0.4) is 0 Å². The third kappa shape index (κ3) is 4.32. The summed E-state index contributed by atoms with van der Waals surface area (Å²) in [5.41, 5.74) is -0.644. The smallest absolute Gasteiger partial charge is 0.240 e. The number of nitrogens with zero attached hydrogens (tertiary/aromatic N) is 2. The molecule has 0 radical (unpaired) electrons. The first kappa shape index (κ1) is 21.8. The molecule has 2 aliphatic heterocycles. The fraction of sp³-hybridized carbons (Fsp3) is 0.545. The van der Waals surface area contributed by atoms with Crippen molar-refractivity contribution in [1.82, 2.24) is 15.1 Å². The summed E-state index contributed by atoms with van der Waals surface area (Å²) in [4.78, 5) is 53.8. The molecule has 2 aliphatic rings. The van der Waals surface area contributed by atoms with E-state index in [1.165, 1.54) is 9.80 Å². The van der Waals surface area contributed by atoms with Gasteiger partial charge in [-0.05, 0) is 30.0 Å². The Bertz CT molecular complexity index is 836. The van der Waals surface area contributed by atoms with Crippen LogP contribution < -0.4 is 10.1 Å². The molecule has 0 bridgehead atoms. The van der Waals surface area contributed by atoms with Crippen LogP contribution in [-0.2, 0) is 24.6 Å². The van der Waals surface area contributed by atoms with Crippen LogP contribution in [0.15, 0.2) is 24.3 Å². The van der Waals surface area contributed by atoms with Crippen molar-refractivity contribution in [2.75, 3.05) is 33.3 Å². The number of benzene rings is 1. The van der Waals surface area contributed by atoms with Crippen molar-refractivity contribution in [3.8, 4) is 5.75 Å². The third-order valence-corrected chi connectivity index (χ3v) is 5.83. The molecule has 0 unspecified atom stereocenters. The average Bonchev–Trinajstić information content (AvgIpc) is 2.96. The van der Waals surface area contributed by atoms with Crippen LogP contribution in [-0.4, -0.2) is 66.7 Å². The molecule has 1 aromatic carbocycles. The number of piperazine rings is 1. The highest BCUT2D eigenvalue weighted by Gasteiger charge is 2.54. The Morgan fingerprint density at radius 3 is 2.50 bits per heavy atom. The second-order valence-electron chi connectivity index (χ2n) is 8.36. The van der Waals surface area contributed by atoms with Crippen LogP contribution in [0.2, 0.25) is 0 Å². The van der Waals surface area contributed by atoms with Crippen LogP contribution in [0.1, 0.15) is 38.7 Å². The second-order valence-corrected chi connectivity index (χ2v) is 8.36. The molecule has 3 rings (SSSR count). The molecular formula is C22H29N3O5. The Labute approximate surface area is 176 Å². The normalized spacial score (nSPS) is 21.9. The van der Waals surface area contributed by atoms with Crippen molar-refractivity contribution < 1.29 is 23.9 Å². The molecule has 30 heavy (non-hydrogen) atoms. The zero-order valence-corrected chi connectivity index (χ0v) is 17.8. The number of hydrogen-bond acceptors (Lipinski definition) is 5. The van der Waals surface area contributed by atoms with E-state index >= 15 is 0 Å². The summed E-state index contributed by atoms with van der Waals surface area (Å²) in [6.07, 6.45) is 0.508. The van der Waals surface area contributed by atoms with Gasteiger partial charge in [-0.2, -0.15) is 0 Å². The predicted molar refractivity (Wildman–Crippen MR) is 110 cm³/mol. The van der Waals surface area contributed by atoms with E-state index in [1.54, 1.807) is 31.4 Å². The molecule has 2 heterocycles. The lowest BCUT2D eigenvalue weighted by atomic mass is 9.75. The molecule has 4 amide bonds. The van der Waals surface area contributed by atoms with E-state index in [1.807, 2.05) is 13.8 Å². The van der Waals surface area contributed by atoms with Gasteiger partial charge in [0.25, 0.3) is 0 Å². The van der Waals surface area contributed by atoms with Crippen LogP contribution in [0.4, 0.5) is 0 Å². The number of carbonyl (C=O) groups excluding carboxylic acids is 4. The molecule has 1 N–H and O–H groups in total. The van der Waals surface area contributed by atoms with E-state index in [-0.39, 0.29) is 43.0 Å². The highest BCUT2D eigenvalue weighted by Crippen LogP contribution is 2.41. The van der Waals surface area contributed by atoms with E-state index < -0.39 is 5.41 Å². The number of likely N-dealkylation sites (tertiary alicyclic amines) is 1. The number of imide groups is 1.